The van der Waals surface area contributed by atoms with Crippen LogP contribution in [0, 0.1) is 17.1 Å². The molecule has 0 atom stereocenters. The Bertz CT molecular complexity index is 680. The summed E-state index contributed by atoms with van der Waals surface area (Å²) in [7, 11) is 0. The van der Waals surface area contributed by atoms with Crippen molar-refractivity contribution in [2.24, 2.45) is 0 Å². The number of nitriles is 1. The summed E-state index contributed by atoms with van der Waals surface area (Å²) < 4.78 is 18.8. The maximum Gasteiger partial charge on any atom is 0.155 e. The lowest BCUT2D eigenvalue weighted by molar-refractivity contribution is 0.112. The van der Waals surface area contributed by atoms with Crippen molar-refractivity contribution in [3.05, 3.63) is 58.4 Å². The molecule has 0 unspecified atom stereocenters. The first kappa shape index (κ1) is 13.1. The van der Waals surface area contributed by atoms with Crippen molar-refractivity contribution in [2.45, 2.75) is 0 Å². The minimum absolute atomic E-state index is 0.0749. The molecule has 0 saturated heterocycles. The third-order valence-corrected chi connectivity index (χ3v) is 2.75. The summed E-state index contributed by atoms with van der Waals surface area (Å²) in [5, 5.41) is 8.87. The molecule has 0 saturated carbocycles. The highest BCUT2D eigenvalue weighted by atomic mass is 35.5. The van der Waals surface area contributed by atoms with E-state index < -0.39 is 5.82 Å². The molecule has 0 spiro atoms. The normalized spacial score (nSPS) is 9.74. The standard InChI is InChI=1S/C14H7ClFNO2/c15-12-2-1-3-14(11(12)8-18)19-10-5-4-9(7-17)13(16)6-10/h1-6,8H. The fraction of sp³-hybridized carbons (Fsp3) is 0. The highest BCUT2D eigenvalue weighted by Gasteiger charge is 2.10. The molecule has 0 radical (unpaired) electrons. The minimum Gasteiger partial charge on any atom is -0.456 e. The fourth-order valence-electron chi connectivity index (χ4n) is 1.50. The molecule has 2 rings (SSSR count). The molecule has 19 heavy (non-hydrogen) atoms. The van der Waals surface area contributed by atoms with Crippen LogP contribution in [0.3, 0.4) is 0 Å². The molecule has 0 fully saturated rings. The monoisotopic (exact) mass is 275 g/mol. The topological polar surface area (TPSA) is 50.1 Å². The molecule has 0 aliphatic rings. The molecule has 0 heterocycles. The predicted molar refractivity (Wildman–Crippen MR) is 68.0 cm³/mol. The van der Waals surface area contributed by atoms with Crippen LogP contribution < -0.4 is 4.74 Å². The number of hydrogen-bond donors (Lipinski definition) is 0. The maximum absolute atomic E-state index is 13.4. The van der Waals surface area contributed by atoms with E-state index in [0.717, 1.165) is 6.07 Å². The van der Waals surface area contributed by atoms with Crippen LogP contribution in [0.4, 0.5) is 4.39 Å². The highest BCUT2D eigenvalue weighted by Crippen LogP contribution is 2.29. The van der Waals surface area contributed by atoms with Gasteiger partial charge in [0.15, 0.2) is 6.29 Å². The number of ether oxygens (including phenoxy) is 1. The Morgan fingerprint density at radius 2 is 2.11 bits per heavy atom. The zero-order valence-corrected chi connectivity index (χ0v) is 10.3. The first-order valence-electron chi connectivity index (χ1n) is 5.27. The largest absolute Gasteiger partial charge is 0.456 e. The maximum atomic E-state index is 13.4. The van der Waals surface area contributed by atoms with Gasteiger partial charge in [0.1, 0.15) is 23.4 Å². The summed E-state index contributed by atoms with van der Waals surface area (Å²) in [5.74, 6) is -0.275. The number of carbonyl (C=O) groups is 1. The molecule has 0 aromatic heterocycles. The van der Waals surface area contributed by atoms with Gasteiger partial charge in [0.05, 0.1) is 16.1 Å². The average Bonchev–Trinajstić information content (AvgIpc) is 2.39. The quantitative estimate of drug-likeness (QED) is 0.797. The van der Waals surface area contributed by atoms with E-state index >= 15 is 0 Å². The van der Waals surface area contributed by atoms with E-state index in [2.05, 4.69) is 0 Å². The number of carbonyl (C=O) groups excluding carboxylic acids is 1. The van der Waals surface area contributed by atoms with Gasteiger partial charge in [0, 0.05) is 6.07 Å². The van der Waals surface area contributed by atoms with Crippen molar-refractivity contribution in [1.82, 2.24) is 0 Å². The van der Waals surface area contributed by atoms with Crippen molar-refractivity contribution in [2.75, 3.05) is 0 Å². The molecule has 94 valence electrons. The second-order valence-corrected chi connectivity index (χ2v) is 4.03. The summed E-state index contributed by atoms with van der Waals surface area (Å²) >= 11 is 5.85. The van der Waals surface area contributed by atoms with E-state index in [0.29, 0.717) is 6.29 Å². The Balaban J connectivity index is 2.37. The molecule has 0 N–H and O–H groups in total. The molecular weight excluding hydrogens is 269 g/mol. The molecule has 0 aliphatic carbocycles. The van der Waals surface area contributed by atoms with Crippen LogP contribution in [0.5, 0.6) is 11.5 Å². The Hall–Kier alpha value is -2.38. The summed E-state index contributed by atoms with van der Waals surface area (Å²) in [6.45, 7) is 0. The zero-order valence-electron chi connectivity index (χ0n) is 9.56. The van der Waals surface area contributed by atoms with Crippen molar-refractivity contribution in [3.63, 3.8) is 0 Å². The van der Waals surface area contributed by atoms with Gasteiger partial charge in [0.2, 0.25) is 0 Å². The number of nitrogens with zero attached hydrogens (tertiary/aromatic N) is 1. The molecule has 0 aliphatic heterocycles. The highest BCUT2D eigenvalue weighted by molar-refractivity contribution is 6.33. The third-order valence-electron chi connectivity index (χ3n) is 2.42. The van der Waals surface area contributed by atoms with Gasteiger partial charge in [-0.2, -0.15) is 5.26 Å². The van der Waals surface area contributed by atoms with Crippen molar-refractivity contribution < 1.29 is 13.9 Å². The average molecular weight is 276 g/mol. The Labute approximate surface area is 113 Å². The van der Waals surface area contributed by atoms with Crippen molar-refractivity contribution in [3.8, 4) is 17.6 Å². The Morgan fingerprint density at radius 3 is 2.74 bits per heavy atom. The van der Waals surface area contributed by atoms with Crippen LogP contribution in [0.15, 0.2) is 36.4 Å². The van der Waals surface area contributed by atoms with Gasteiger partial charge in [-0.25, -0.2) is 4.39 Å². The lowest BCUT2D eigenvalue weighted by Crippen LogP contribution is -1.92. The molecule has 2 aromatic rings. The van der Waals surface area contributed by atoms with E-state index in [1.165, 1.54) is 12.1 Å². The number of halogens is 2. The van der Waals surface area contributed by atoms with Crippen molar-refractivity contribution >= 4 is 17.9 Å². The van der Waals surface area contributed by atoms with E-state index in [4.69, 9.17) is 21.6 Å². The smallest absolute Gasteiger partial charge is 0.155 e. The lowest BCUT2D eigenvalue weighted by atomic mass is 10.2. The second kappa shape index (κ2) is 5.51. The lowest BCUT2D eigenvalue weighted by Gasteiger charge is -2.09. The van der Waals surface area contributed by atoms with E-state index in [1.54, 1.807) is 24.3 Å². The second-order valence-electron chi connectivity index (χ2n) is 3.63. The van der Waals surface area contributed by atoms with Gasteiger partial charge >= 0.3 is 0 Å². The molecule has 0 amide bonds. The van der Waals surface area contributed by atoms with E-state index in [1.807, 2.05) is 0 Å². The summed E-state index contributed by atoms with van der Waals surface area (Å²) in [4.78, 5) is 10.9. The molecular formula is C14H7ClFNO2. The fourth-order valence-corrected chi connectivity index (χ4v) is 1.71. The summed E-state index contributed by atoms with van der Waals surface area (Å²) in [6, 6.07) is 10.2. The van der Waals surface area contributed by atoms with Gasteiger partial charge < -0.3 is 4.74 Å². The number of aldehydes is 1. The van der Waals surface area contributed by atoms with Crippen LogP contribution in [0.2, 0.25) is 5.02 Å². The Kier molecular flexibility index (Phi) is 3.79. The van der Waals surface area contributed by atoms with E-state index in [9.17, 15) is 9.18 Å². The molecule has 3 nitrogen and oxygen atoms in total. The number of benzene rings is 2. The predicted octanol–water partition coefficient (Wildman–Crippen LogP) is 3.96. The molecule has 0 bridgehead atoms. The van der Waals surface area contributed by atoms with Gasteiger partial charge in [-0.1, -0.05) is 17.7 Å². The first-order valence-corrected chi connectivity index (χ1v) is 5.64. The third kappa shape index (κ3) is 2.72. The Morgan fingerprint density at radius 1 is 1.32 bits per heavy atom. The summed E-state index contributed by atoms with van der Waals surface area (Å²) in [5.41, 5.74) is 0.114. The van der Waals surface area contributed by atoms with Crippen LogP contribution in [-0.2, 0) is 0 Å². The van der Waals surface area contributed by atoms with Gasteiger partial charge in [0.25, 0.3) is 0 Å². The van der Waals surface area contributed by atoms with Crippen LogP contribution in [-0.4, -0.2) is 6.29 Å². The summed E-state index contributed by atoms with van der Waals surface area (Å²) in [6.07, 6.45) is 0.567. The van der Waals surface area contributed by atoms with Crippen LogP contribution in [0.25, 0.3) is 0 Å². The SMILES string of the molecule is N#Cc1ccc(Oc2cccc(Cl)c2C=O)cc1F. The van der Waals surface area contributed by atoms with Crippen LogP contribution in [0.1, 0.15) is 15.9 Å². The van der Waals surface area contributed by atoms with Gasteiger partial charge in [-0.3, -0.25) is 4.79 Å². The van der Waals surface area contributed by atoms with Crippen molar-refractivity contribution in [1.29, 1.82) is 5.26 Å². The molecule has 5 heteroatoms. The first-order chi connectivity index (χ1) is 9.15. The van der Waals surface area contributed by atoms with E-state index in [-0.39, 0.29) is 27.6 Å². The van der Waals surface area contributed by atoms with Crippen LogP contribution >= 0.6 is 11.6 Å². The minimum atomic E-state index is -0.685. The zero-order chi connectivity index (χ0) is 13.8. The van der Waals surface area contributed by atoms with Gasteiger partial charge in [-0.05, 0) is 24.3 Å². The molecule has 2 aromatic carbocycles. The van der Waals surface area contributed by atoms with Gasteiger partial charge in [-0.15, -0.1) is 0 Å². The number of hydrogen-bond acceptors (Lipinski definition) is 3. The number of rotatable bonds is 3.